The fourth-order valence-corrected chi connectivity index (χ4v) is 3.35. The van der Waals surface area contributed by atoms with Crippen LogP contribution in [0.3, 0.4) is 0 Å². The number of pyridine rings is 1. The van der Waals surface area contributed by atoms with Gasteiger partial charge in [0.05, 0.1) is 4.70 Å². The molecule has 0 bridgehead atoms. The van der Waals surface area contributed by atoms with Crippen molar-refractivity contribution in [1.82, 2.24) is 14.9 Å². The summed E-state index contributed by atoms with van der Waals surface area (Å²) in [6.07, 6.45) is 3.05. The van der Waals surface area contributed by atoms with E-state index in [4.69, 9.17) is 0 Å². The minimum atomic E-state index is 0. The third-order valence-corrected chi connectivity index (χ3v) is 4.41. The van der Waals surface area contributed by atoms with Crippen LogP contribution in [0, 0.1) is 0 Å². The number of fused-ring (bicyclic) bond motifs is 1. The molecule has 4 nitrogen and oxygen atoms in total. The second kappa shape index (κ2) is 8.26. The van der Waals surface area contributed by atoms with Crippen LogP contribution in [0.4, 0.5) is 5.13 Å². The molecule has 3 rings (SSSR count). The number of aromatic nitrogens is 2. The highest BCUT2D eigenvalue weighted by atomic mass is 79.9. The van der Waals surface area contributed by atoms with E-state index in [-0.39, 0.29) is 34.0 Å². The first kappa shape index (κ1) is 17.8. The van der Waals surface area contributed by atoms with Crippen LogP contribution >= 0.6 is 45.3 Å². The molecule has 20 heavy (non-hydrogen) atoms. The van der Waals surface area contributed by atoms with E-state index in [2.05, 4.69) is 32.8 Å². The molecule has 3 heterocycles. The largest absolute Gasteiger partial charge is 0.345 e. The predicted molar refractivity (Wildman–Crippen MR) is 97.0 cm³/mol. The maximum Gasteiger partial charge on any atom is 0.188 e. The van der Waals surface area contributed by atoms with Crippen molar-refractivity contribution in [1.29, 1.82) is 0 Å². The Morgan fingerprint density at radius 2 is 1.95 bits per heavy atom. The van der Waals surface area contributed by atoms with Crippen LogP contribution in [-0.2, 0) is 0 Å². The van der Waals surface area contributed by atoms with Crippen LogP contribution in [0.5, 0.6) is 0 Å². The highest BCUT2D eigenvalue weighted by Gasteiger charge is 2.19. The molecule has 0 radical (unpaired) electrons. The average Bonchev–Trinajstić information content (AvgIpc) is 2.84. The van der Waals surface area contributed by atoms with Crippen LogP contribution in [0.2, 0.25) is 0 Å². The van der Waals surface area contributed by atoms with Crippen molar-refractivity contribution in [2.45, 2.75) is 13.3 Å². The first-order chi connectivity index (χ1) is 8.86. The SMILES string of the molecule is Br.Br.CCCN1CCN(c2nc3ncccc3s2)CC1. The van der Waals surface area contributed by atoms with Gasteiger partial charge in [0.15, 0.2) is 10.8 Å². The van der Waals surface area contributed by atoms with Crippen LogP contribution in [0.1, 0.15) is 13.3 Å². The topological polar surface area (TPSA) is 32.3 Å². The molecule has 2 aromatic heterocycles. The summed E-state index contributed by atoms with van der Waals surface area (Å²) in [6.45, 7) is 7.93. The normalized spacial score (nSPS) is 15.8. The third-order valence-electron chi connectivity index (χ3n) is 3.34. The maximum atomic E-state index is 4.62. The number of rotatable bonds is 3. The summed E-state index contributed by atoms with van der Waals surface area (Å²) >= 11 is 1.75. The maximum absolute atomic E-state index is 4.62. The van der Waals surface area contributed by atoms with E-state index >= 15 is 0 Å². The number of hydrogen-bond donors (Lipinski definition) is 0. The van der Waals surface area contributed by atoms with E-state index in [0.29, 0.717) is 0 Å². The molecular weight excluding hydrogens is 404 g/mol. The van der Waals surface area contributed by atoms with Crippen molar-refractivity contribution in [3.63, 3.8) is 0 Å². The van der Waals surface area contributed by atoms with Crippen LogP contribution in [0.25, 0.3) is 10.3 Å². The molecule has 0 amide bonds. The number of anilines is 1. The van der Waals surface area contributed by atoms with E-state index in [0.717, 1.165) is 37.0 Å². The van der Waals surface area contributed by atoms with E-state index in [1.54, 1.807) is 11.3 Å². The Balaban J connectivity index is 0.000001000. The second-order valence-corrected chi connectivity index (χ2v) is 5.66. The molecule has 0 saturated carbocycles. The number of halogens is 2. The fraction of sp³-hybridized carbons (Fsp3) is 0.538. The van der Waals surface area contributed by atoms with Gasteiger partial charge in [-0.3, -0.25) is 4.90 Å². The van der Waals surface area contributed by atoms with Gasteiger partial charge in [-0.25, -0.2) is 4.98 Å². The highest BCUT2D eigenvalue weighted by molar-refractivity contribution is 8.93. The summed E-state index contributed by atoms with van der Waals surface area (Å²) in [5.41, 5.74) is 0.883. The molecule has 2 aromatic rings. The zero-order valence-corrected chi connectivity index (χ0v) is 15.7. The molecule has 7 heteroatoms. The summed E-state index contributed by atoms with van der Waals surface area (Å²) in [5.74, 6) is 0. The van der Waals surface area contributed by atoms with Crippen molar-refractivity contribution in [2.24, 2.45) is 0 Å². The Kier molecular flexibility index (Phi) is 7.36. The molecule has 0 spiro atoms. The summed E-state index contributed by atoms with van der Waals surface area (Å²) in [6, 6.07) is 4.07. The molecule has 0 aliphatic carbocycles. The number of thiazole rings is 1. The summed E-state index contributed by atoms with van der Waals surface area (Å²) < 4.78 is 1.18. The minimum absolute atomic E-state index is 0. The lowest BCUT2D eigenvalue weighted by atomic mass is 10.3. The lowest BCUT2D eigenvalue weighted by molar-refractivity contribution is 0.258. The zero-order chi connectivity index (χ0) is 12.4. The van der Waals surface area contributed by atoms with Gasteiger partial charge in [-0.15, -0.1) is 34.0 Å². The van der Waals surface area contributed by atoms with Crippen LogP contribution < -0.4 is 4.90 Å². The molecule has 112 valence electrons. The molecule has 1 aliphatic heterocycles. The van der Waals surface area contributed by atoms with E-state index in [1.165, 1.54) is 17.7 Å². The summed E-state index contributed by atoms with van der Waals surface area (Å²) in [7, 11) is 0. The fourth-order valence-electron chi connectivity index (χ4n) is 2.37. The standard InChI is InChI=1S/C13H18N4S.2BrH/c1-2-6-16-7-9-17(10-8-16)13-15-12-11(18-13)4-3-5-14-12;;/h3-5H,2,6-10H2,1H3;2*1H. The van der Waals surface area contributed by atoms with Crippen molar-refractivity contribution in [3.05, 3.63) is 18.3 Å². The quantitative estimate of drug-likeness (QED) is 0.757. The molecule has 0 unspecified atom stereocenters. The van der Waals surface area contributed by atoms with E-state index < -0.39 is 0 Å². The molecule has 0 N–H and O–H groups in total. The molecule has 0 atom stereocenters. The summed E-state index contributed by atoms with van der Waals surface area (Å²) in [4.78, 5) is 13.8. The lowest BCUT2D eigenvalue weighted by Gasteiger charge is -2.34. The monoisotopic (exact) mass is 422 g/mol. The summed E-state index contributed by atoms with van der Waals surface area (Å²) in [5, 5.41) is 1.12. The van der Waals surface area contributed by atoms with Gasteiger partial charge in [0.25, 0.3) is 0 Å². The Hall–Kier alpha value is -0.240. The van der Waals surface area contributed by atoms with Gasteiger partial charge < -0.3 is 4.90 Å². The molecule has 1 saturated heterocycles. The Morgan fingerprint density at radius 1 is 1.20 bits per heavy atom. The first-order valence-corrected chi connectivity index (χ1v) is 7.37. The van der Waals surface area contributed by atoms with Gasteiger partial charge in [-0.1, -0.05) is 18.3 Å². The van der Waals surface area contributed by atoms with E-state index in [1.807, 2.05) is 12.3 Å². The van der Waals surface area contributed by atoms with E-state index in [9.17, 15) is 0 Å². The molecule has 1 fully saturated rings. The van der Waals surface area contributed by atoms with Crippen molar-refractivity contribution in [3.8, 4) is 0 Å². The smallest absolute Gasteiger partial charge is 0.188 e. The predicted octanol–water partition coefficient (Wildman–Crippen LogP) is 3.38. The van der Waals surface area contributed by atoms with Gasteiger partial charge >= 0.3 is 0 Å². The van der Waals surface area contributed by atoms with Gasteiger partial charge in [0.2, 0.25) is 0 Å². The van der Waals surface area contributed by atoms with Gasteiger partial charge in [0, 0.05) is 32.4 Å². The van der Waals surface area contributed by atoms with Crippen molar-refractivity contribution in [2.75, 3.05) is 37.6 Å². The second-order valence-electron chi connectivity index (χ2n) is 4.65. The zero-order valence-electron chi connectivity index (χ0n) is 11.5. The number of nitrogens with zero attached hydrogens (tertiary/aromatic N) is 4. The number of hydrogen-bond acceptors (Lipinski definition) is 5. The Labute approximate surface area is 144 Å². The van der Waals surface area contributed by atoms with Crippen LogP contribution in [-0.4, -0.2) is 47.6 Å². The first-order valence-electron chi connectivity index (χ1n) is 6.55. The van der Waals surface area contributed by atoms with Gasteiger partial charge in [-0.2, -0.15) is 4.98 Å². The molecular formula is C13H20Br2N4S. The Bertz CT molecular complexity index is 493. The van der Waals surface area contributed by atoms with Crippen LogP contribution in [0.15, 0.2) is 18.3 Å². The molecule has 0 aromatic carbocycles. The highest BCUT2D eigenvalue weighted by Crippen LogP contribution is 2.27. The van der Waals surface area contributed by atoms with Gasteiger partial charge in [0.1, 0.15) is 0 Å². The Morgan fingerprint density at radius 3 is 2.60 bits per heavy atom. The van der Waals surface area contributed by atoms with Crippen molar-refractivity contribution < 1.29 is 0 Å². The number of piperazine rings is 1. The van der Waals surface area contributed by atoms with Crippen molar-refractivity contribution >= 4 is 60.8 Å². The average molecular weight is 424 g/mol. The molecule has 1 aliphatic rings. The lowest BCUT2D eigenvalue weighted by Crippen LogP contribution is -2.46. The minimum Gasteiger partial charge on any atom is -0.345 e. The third kappa shape index (κ3) is 3.90. The van der Waals surface area contributed by atoms with Gasteiger partial charge in [-0.05, 0) is 25.1 Å².